The highest BCUT2D eigenvalue weighted by Crippen LogP contribution is 2.31. The maximum absolute atomic E-state index is 13.1. The lowest BCUT2D eigenvalue weighted by molar-refractivity contribution is -0.148. The second-order valence-corrected chi connectivity index (χ2v) is 8.17. The minimum atomic E-state index is -0.327. The van der Waals surface area contributed by atoms with Gasteiger partial charge in [0.15, 0.2) is 0 Å². The molecule has 2 aliphatic rings. The molecular formula is C27H39NO2. The summed E-state index contributed by atoms with van der Waals surface area (Å²) in [6.07, 6.45) is 24.5. The van der Waals surface area contributed by atoms with Gasteiger partial charge < -0.3 is 4.74 Å². The van der Waals surface area contributed by atoms with E-state index in [0.29, 0.717) is 12.5 Å². The Hall–Kier alpha value is -2.13. The highest BCUT2D eigenvalue weighted by Gasteiger charge is 2.33. The quantitative estimate of drug-likeness (QED) is 0.329. The van der Waals surface area contributed by atoms with Crippen LogP contribution in [-0.4, -0.2) is 36.6 Å². The molecule has 3 heteroatoms. The average molecular weight is 410 g/mol. The van der Waals surface area contributed by atoms with E-state index in [1.165, 1.54) is 6.42 Å². The van der Waals surface area contributed by atoms with Crippen LogP contribution in [0.25, 0.3) is 0 Å². The first-order valence-corrected chi connectivity index (χ1v) is 11.5. The van der Waals surface area contributed by atoms with Crippen LogP contribution in [0.2, 0.25) is 0 Å². The predicted octanol–water partition coefficient (Wildman–Crippen LogP) is 6.32. The number of likely N-dealkylation sites (tertiary alicyclic amines) is 1. The molecule has 0 amide bonds. The molecule has 1 fully saturated rings. The molecule has 30 heavy (non-hydrogen) atoms. The Morgan fingerprint density at radius 2 is 2.07 bits per heavy atom. The topological polar surface area (TPSA) is 29.5 Å². The van der Waals surface area contributed by atoms with Crippen molar-refractivity contribution in [3.63, 3.8) is 0 Å². The molecule has 1 aliphatic carbocycles. The number of piperidine rings is 1. The number of carbonyl (C=O) groups excluding carboxylic acids is 1. The lowest BCUT2D eigenvalue weighted by Crippen LogP contribution is -2.47. The molecule has 3 nitrogen and oxygen atoms in total. The normalized spacial score (nSPS) is 20.7. The van der Waals surface area contributed by atoms with Crippen LogP contribution in [0.1, 0.15) is 59.8 Å². The molecule has 0 aromatic rings. The highest BCUT2D eigenvalue weighted by atomic mass is 16.5. The zero-order valence-electron chi connectivity index (χ0n) is 19.3. The average Bonchev–Trinajstić information content (AvgIpc) is 2.78. The smallest absolute Gasteiger partial charge is 0.328 e. The van der Waals surface area contributed by atoms with Gasteiger partial charge >= 0.3 is 5.97 Å². The fourth-order valence-corrected chi connectivity index (χ4v) is 4.20. The fraction of sp³-hybridized carbons (Fsp3) is 0.519. The van der Waals surface area contributed by atoms with Crippen molar-refractivity contribution in [2.24, 2.45) is 5.92 Å². The molecule has 164 valence electrons. The molecule has 0 spiro atoms. The van der Waals surface area contributed by atoms with Crippen molar-refractivity contribution in [3.8, 4) is 0 Å². The number of nitrogens with zero attached hydrogens (tertiary/aromatic N) is 1. The Morgan fingerprint density at radius 3 is 2.67 bits per heavy atom. The van der Waals surface area contributed by atoms with Gasteiger partial charge in [-0.25, -0.2) is 4.79 Å². The van der Waals surface area contributed by atoms with E-state index in [-0.39, 0.29) is 12.0 Å². The Morgan fingerprint density at radius 1 is 1.30 bits per heavy atom. The lowest BCUT2D eigenvalue weighted by atomic mass is 9.84. The van der Waals surface area contributed by atoms with Crippen LogP contribution in [0.4, 0.5) is 0 Å². The second-order valence-electron chi connectivity index (χ2n) is 8.17. The van der Waals surface area contributed by atoms with Crippen LogP contribution in [0.15, 0.2) is 71.4 Å². The van der Waals surface area contributed by atoms with E-state index in [0.717, 1.165) is 49.9 Å². The number of esters is 1. The van der Waals surface area contributed by atoms with Crippen LogP contribution < -0.4 is 0 Å². The van der Waals surface area contributed by atoms with E-state index in [1.807, 2.05) is 51.2 Å². The Balaban J connectivity index is 2.05. The van der Waals surface area contributed by atoms with Gasteiger partial charge in [0.1, 0.15) is 12.6 Å². The van der Waals surface area contributed by atoms with Crippen molar-refractivity contribution in [2.75, 3.05) is 19.7 Å². The number of carbonyl (C=O) groups is 1. The SMILES string of the molecule is C/C=C\C(=C/C)C(C(=O)OC/C(C)=C/C=C\CC)N1CCC(C2=CC=CCC2)CC1. The first-order valence-electron chi connectivity index (χ1n) is 11.5. The van der Waals surface area contributed by atoms with Crippen molar-refractivity contribution in [2.45, 2.75) is 65.8 Å². The van der Waals surface area contributed by atoms with Gasteiger partial charge in [0.05, 0.1) is 0 Å². The second kappa shape index (κ2) is 13.2. The van der Waals surface area contributed by atoms with Gasteiger partial charge in [0.2, 0.25) is 0 Å². The summed E-state index contributed by atoms with van der Waals surface area (Å²) in [6, 6.07) is -0.327. The Labute approximate surface area is 183 Å². The molecule has 0 N–H and O–H groups in total. The van der Waals surface area contributed by atoms with Gasteiger partial charge in [-0.1, -0.05) is 67.2 Å². The molecule has 1 heterocycles. The number of hydrogen-bond donors (Lipinski definition) is 0. The molecule has 1 atom stereocenters. The summed E-state index contributed by atoms with van der Waals surface area (Å²) in [5.41, 5.74) is 3.65. The number of ether oxygens (including phenoxy) is 1. The van der Waals surface area contributed by atoms with Gasteiger partial charge in [-0.05, 0) is 83.0 Å². The van der Waals surface area contributed by atoms with Crippen molar-refractivity contribution in [1.82, 2.24) is 4.90 Å². The summed E-state index contributed by atoms with van der Waals surface area (Å²) in [4.78, 5) is 15.4. The zero-order valence-corrected chi connectivity index (χ0v) is 19.3. The lowest BCUT2D eigenvalue weighted by Gasteiger charge is -2.38. The van der Waals surface area contributed by atoms with Gasteiger partial charge in [0, 0.05) is 0 Å². The van der Waals surface area contributed by atoms with E-state index < -0.39 is 0 Å². The van der Waals surface area contributed by atoms with Crippen molar-refractivity contribution >= 4 is 5.97 Å². The van der Waals surface area contributed by atoms with Gasteiger partial charge in [-0.3, -0.25) is 4.90 Å². The highest BCUT2D eigenvalue weighted by molar-refractivity contribution is 5.80. The summed E-state index contributed by atoms with van der Waals surface area (Å²) in [5.74, 6) is 0.501. The van der Waals surface area contributed by atoms with Crippen molar-refractivity contribution in [1.29, 1.82) is 0 Å². The molecule has 0 radical (unpaired) electrons. The number of allylic oxidation sites excluding steroid dienone is 9. The Bertz CT molecular complexity index is 728. The predicted molar refractivity (Wildman–Crippen MR) is 127 cm³/mol. The first-order chi connectivity index (χ1) is 14.6. The molecule has 0 saturated carbocycles. The third-order valence-corrected chi connectivity index (χ3v) is 5.89. The first kappa shape index (κ1) is 24.1. The molecule has 0 bridgehead atoms. The van der Waals surface area contributed by atoms with Crippen LogP contribution in [0, 0.1) is 5.92 Å². The number of hydrogen-bond acceptors (Lipinski definition) is 3. The maximum Gasteiger partial charge on any atom is 0.328 e. The largest absolute Gasteiger partial charge is 0.460 e. The third kappa shape index (κ3) is 7.28. The molecular weight excluding hydrogens is 370 g/mol. The van der Waals surface area contributed by atoms with E-state index in [2.05, 4.69) is 36.1 Å². The summed E-state index contributed by atoms with van der Waals surface area (Å²) in [7, 11) is 0. The van der Waals surface area contributed by atoms with Gasteiger partial charge in [-0.15, -0.1) is 0 Å². The Kier molecular flexibility index (Phi) is 10.6. The van der Waals surface area contributed by atoms with Crippen LogP contribution in [0.5, 0.6) is 0 Å². The van der Waals surface area contributed by atoms with Crippen molar-refractivity contribution < 1.29 is 9.53 Å². The minimum Gasteiger partial charge on any atom is -0.460 e. The van der Waals surface area contributed by atoms with Crippen molar-refractivity contribution in [3.05, 3.63) is 71.4 Å². The van der Waals surface area contributed by atoms with Crippen LogP contribution >= 0.6 is 0 Å². The van der Waals surface area contributed by atoms with Gasteiger partial charge in [0.25, 0.3) is 0 Å². The fourth-order valence-electron chi connectivity index (χ4n) is 4.20. The molecule has 1 unspecified atom stereocenters. The maximum atomic E-state index is 13.1. The zero-order chi connectivity index (χ0) is 21.8. The molecule has 1 saturated heterocycles. The summed E-state index contributed by atoms with van der Waals surface area (Å²) in [5, 5.41) is 0. The van der Waals surface area contributed by atoms with E-state index in [4.69, 9.17) is 4.74 Å². The molecule has 1 aliphatic heterocycles. The molecule has 2 rings (SSSR count). The van der Waals surface area contributed by atoms with Gasteiger partial charge in [-0.2, -0.15) is 0 Å². The van der Waals surface area contributed by atoms with E-state index in [1.54, 1.807) is 5.57 Å². The molecule has 0 aromatic carbocycles. The van der Waals surface area contributed by atoms with Crippen LogP contribution in [-0.2, 0) is 9.53 Å². The summed E-state index contributed by atoms with van der Waals surface area (Å²) >= 11 is 0. The van der Waals surface area contributed by atoms with E-state index >= 15 is 0 Å². The molecule has 0 aromatic heterocycles. The number of rotatable bonds is 9. The summed E-state index contributed by atoms with van der Waals surface area (Å²) < 4.78 is 5.74. The minimum absolute atomic E-state index is 0.147. The standard InChI is InChI=1S/C27H39NO2/c1-5-8-10-14-22(4)21-30-27(29)26(23(7-3)13-6-2)28-19-17-25(18-20-28)24-15-11-9-12-16-24/h6-11,13-15,25-26H,5,12,16-21H2,1-4H3/b10-8-,13-6-,22-14+,23-7+. The monoisotopic (exact) mass is 409 g/mol. The summed E-state index contributed by atoms with van der Waals surface area (Å²) in [6.45, 7) is 10.3. The third-order valence-electron chi connectivity index (χ3n) is 5.89. The van der Waals surface area contributed by atoms with E-state index in [9.17, 15) is 4.79 Å². The van der Waals surface area contributed by atoms with Crippen LogP contribution in [0.3, 0.4) is 0 Å².